The first kappa shape index (κ1) is 18.2. The summed E-state index contributed by atoms with van der Waals surface area (Å²) in [7, 11) is 0. The van der Waals surface area contributed by atoms with Gasteiger partial charge in [-0.05, 0) is 6.42 Å². The first-order valence-corrected chi connectivity index (χ1v) is 5.90. The lowest BCUT2D eigenvalue weighted by atomic mass is 9.97. The monoisotopic (exact) mass is 236 g/mol. The maximum absolute atomic E-state index is 8.59. The van der Waals surface area contributed by atoms with Crippen LogP contribution in [0, 0.1) is 11.3 Å². The summed E-state index contributed by atoms with van der Waals surface area (Å²) in [5, 5.41) is 34.1. The predicted molar refractivity (Wildman–Crippen MR) is 65.1 cm³/mol. The van der Waals surface area contributed by atoms with Gasteiger partial charge in [0.25, 0.3) is 0 Å². The summed E-state index contributed by atoms with van der Waals surface area (Å²) < 4.78 is 0. The molecule has 0 radical (unpaired) electrons. The Kier molecular flexibility index (Phi) is 12.9. The Balaban J connectivity index is 0. The molecule has 0 atom stereocenters. The maximum atomic E-state index is 8.59. The highest BCUT2D eigenvalue weighted by molar-refractivity contribution is 4.62. The van der Waals surface area contributed by atoms with E-state index >= 15 is 0 Å². The van der Waals surface area contributed by atoms with Crippen LogP contribution in [0.15, 0.2) is 0 Å². The van der Waals surface area contributed by atoms with Crippen molar-refractivity contribution < 1.29 is 20.4 Å². The van der Waals surface area contributed by atoms with E-state index in [9.17, 15) is 0 Å². The highest BCUT2D eigenvalue weighted by Crippen LogP contribution is 2.10. The van der Waals surface area contributed by atoms with Gasteiger partial charge in [0.2, 0.25) is 0 Å². The number of unbranched alkanes of at least 4 members (excludes halogenated alkanes) is 1. The molecule has 4 nitrogen and oxygen atoms in total. The Bertz CT molecular complexity index is 127. The van der Waals surface area contributed by atoms with E-state index in [0.717, 1.165) is 19.3 Å². The second-order valence-corrected chi connectivity index (χ2v) is 4.85. The van der Waals surface area contributed by atoms with E-state index in [1.807, 2.05) is 0 Å². The zero-order valence-corrected chi connectivity index (χ0v) is 10.8. The quantitative estimate of drug-likeness (QED) is 0.526. The van der Waals surface area contributed by atoms with Crippen molar-refractivity contribution in [3.8, 4) is 0 Å². The van der Waals surface area contributed by atoms with Gasteiger partial charge in [0, 0.05) is 24.5 Å². The number of aliphatic hydroxyl groups excluding tert-OH is 4. The summed E-state index contributed by atoms with van der Waals surface area (Å²) in [5.41, 5.74) is -0.306. The molecule has 4 heteroatoms. The van der Waals surface area contributed by atoms with Gasteiger partial charge in [-0.25, -0.2) is 0 Å². The maximum Gasteiger partial charge on any atom is 0.0504 e. The lowest BCUT2D eigenvalue weighted by Gasteiger charge is -2.16. The Labute approximate surface area is 98.9 Å². The molecule has 16 heavy (non-hydrogen) atoms. The van der Waals surface area contributed by atoms with Crippen molar-refractivity contribution in [3.05, 3.63) is 0 Å². The fraction of sp³-hybridized carbons (Fsp3) is 1.00. The van der Waals surface area contributed by atoms with E-state index in [0.29, 0.717) is 0 Å². The van der Waals surface area contributed by atoms with Gasteiger partial charge in [-0.3, -0.25) is 0 Å². The molecule has 0 aromatic carbocycles. The molecule has 4 N–H and O–H groups in total. The van der Waals surface area contributed by atoms with E-state index in [4.69, 9.17) is 20.4 Å². The molecule has 0 aliphatic rings. The van der Waals surface area contributed by atoms with Crippen molar-refractivity contribution in [1.29, 1.82) is 0 Å². The van der Waals surface area contributed by atoms with Gasteiger partial charge in [0.1, 0.15) is 0 Å². The molecule has 0 heterocycles. The third-order valence-corrected chi connectivity index (χ3v) is 2.34. The molecule has 100 valence electrons. The molecule has 0 rings (SSSR count). The average molecular weight is 236 g/mol. The summed E-state index contributed by atoms with van der Waals surface area (Å²) in [6.07, 6.45) is 3.19. The molecular weight excluding hydrogens is 208 g/mol. The van der Waals surface area contributed by atoms with Crippen LogP contribution in [0.1, 0.15) is 40.0 Å². The van der Waals surface area contributed by atoms with Crippen molar-refractivity contribution in [2.45, 2.75) is 40.0 Å². The third-order valence-electron chi connectivity index (χ3n) is 2.34. The summed E-state index contributed by atoms with van der Waals surface area (Å²) in [5.74, 6) is 0.116. The summed E-state index contributed by atoms with van der Waals surface area (Å²) >= 11 is 0. The van der Waals surface area contributed by atoms with E-state index < -0.39 is 0 Å². The van der Waals surface area contributed by atoms with Crippen molar-refractivity contribution in [2.75, 3.05) is 26.4 Å². The molecule has 0 aromatic heterocycles. The molecule has 0 aromatic rings. The molecular formula is C12H28O4. The van der Waals surface area contributed by atoms with Gasteiger partial charge in [-0.2, -0.15) is 0 Å². The van der Waals surface area contributed by atoms with Crippen LogP contribution in [0.3, 0.4) is 0 Å². The normalized spacial score (nSPS) is 11.2. The standard InChI is InChI=1S/C7H16O2.C5H12O2/c1-2-3-4-7(5-8)6-9;1-5(2,3-6)4-7/h7-9H,2-6H2,1H3;6-7H,3-4H2,1-2H3. The Morgan fingerprint density at radius 3 is 1.56 bits per heavy atom. The lowest BCUT2D eigenvalue weighted by molar-refractivity contribution is 0.0857. The molecule has 0 spiro atoms. The molecule has 0 unspecified atom stereocenters. The van der Waals surface area contributed by atoms with Gasteiger partial charge in [-0.1, -0.05) is 33.6 Å². The molecule has 0 fully saturated rings. The summed E-state index contributed by atoms with van der Waals surface area (Å²) in [4.78, 5) is 0. The van der Waals surface area contributed by atoms with Gasteiger partial charge in [0.05, 0.1) is 13.2 Å². The lowest BCUT2D eigenvalue weighted by Crippen LogP contribution is -2.20. The topological polar surface area (TPSA) is 80.9 Å². The first-order valence-electron chi connectivity index (χ1n) is 5.90. The third kappa shape index (κ3) is 11.9. The van der Waals surface area contributed by atoms with Gasteiger partial charge in [0.15, 0.2) is 0 Å². The van der Waals surface area contributed by atoms with E-state index in [-0.39, 0.29) is 37.8 Å². The second-order valence-electron chi connectivity index (χ2n) is 4.85. The Hall–Kier alpha value is -0.160. The molecule has 0 aliphatic heterocycles. The van der Waals surface area contributed by atoms with Crippen LogP contribution < -0.4 is 0 Å². The number of rotatable bonds is 7. The van der Waals surface area contributed by atoms with Crippen LogP contribution in [-0.4, -0.2) is 46.9 Å². The molecule has 0 aliphatic carbocycles. The van der Waals surface area contributed by atoms with E-state index in [2.05, 4.69) is 6.92 Å². The van der Waals surface area contributed by atoms with Crippen molar-refractivity contribution in [2.24, 2.45) is 11.3 Å². The largest absolute Gasteiger partial charge is 0.396 e. The molecule has 0 amide bonds. The van der Waals surface area contributed by atoms with Crippen molar-refractivity contribution >= 4 is 0 Å². The fourth-order valence-electron chi connectivity index (χ4n) is 0.783. The predicted octanol–water partition coefficient (Wildman–Crippen LogP) is 0.775. The smallest absolute Gasteiger partial charge is 0.0504 e. The zero-order chi connectivity index (χ0) is 13.0. The van der Waals surface area contributed by atoms with Crippen molar-refractivity contribution in [1.82, 2.24) is 0 Å². The van der Waals surface area contributed by atoms with Gasteiger partial charge >= 0.3 is 0 Å². The van der Waals surface area contributed by atoms with Crippen LogP contribution in [0.25, 0.3) is 0 Å². The number of aliphatic hydroxyl groups is 4. The molecule has 0 saturated carbocycles. The van der Waals surface area contributed by atoms with Crippen LogP contribution in [0.5, 0.6) is 0 Å². The van der Waals surface area contributed by atoms with Crippen LogP contribution in [0.4, 0.5) is 0 Å². The SMILES string of the molecule is CC(C)(CO)CO.CCCCC(CO)CO. The van der Waals surface area contributed by atoms with Gasteiger partial charge in [-0.15, -0.1) is 0 Å². The first-order chi connectivity index (χ1) is 7.47. The number of hydrogen-bond donors (Lipinski definition) is 4. The van der Waals surface area contributed by atoms with Gasteiger partial charge < -0.3 is 20.4 Å². The van der Waals surface area contributed by atoms with Crippen LogP contribution in [-0.2, 0) is 0 Å². The summed E-state index contributed by atoms with van der Waals surface area (Å²) in [6, 6.07) is 0. The Morgan fingerprint density at radius 2 is 1.38 bits per heavy atom. The minimum atomic E-state index is -0.306. The Morgan fingerprint density at radius 1 is 0.938 bits per heavy atom. The minimum Gasteiger partial charge on any atom is -0.396 e. The molecule has 0 bridgehead atoms. The second kappa shape index (κ2) is 11.3. The van der Waals surface area contributed by atoms with E-state index in [1.165, 1.54) is 0 Å². The van der Waals surface area contributed by atoms with Crippen molar-refractivity contribution in [3.63, 3.8) is 0 Å². The minimum absolute atomic E-state index is 0.0451. The number of hydrogen-bond acceptors (Lipinski definition) is 4. The highest BCUT2D eigenvalue weighted by atomic mass is 16.3. The zero-order valence-electron chi connectivity index (χ0n) is 10.8. The fourth-order valence-corrected chi connectivity index (χ4v) is 0.783. The average Bonchev–Trinajstić information content (AvgIpc) is 2.31. The van der Waals surface area contributed by atoms with Crippen LogP contribution >= 0.6 is 0 Å². The van der Waals surface area contributed by atoms with E-state index in [1.54, 1.807) is 13.8 Å². The highest BCUT2D eigenvalue weighted by Gasteiger charge is 2.13. The van der Waals surface area contributed by atoms with Crippen LogP contribution in [0.2, 0.25) is 0 Å². The summed E-state index contributed by atoms with van der Waals surface area (Å²) in [6.45, 7) is 6.03. The molecule has 0 saturated heterocycles.